The van der Waals surface area contributed by atoms with Crippen LogP contribution >= 0.6 is 0 Å². The molecule has 0 saturated heterocycles. The number of fused-ring (bicyclic) bond motifs is 1. The predicted octanol–water partition coefficient (Wildman–Crippen LogP) is -3.34. The molecule has 1 atom stereocenters. The normalized spacial score (nSPS) is 17.7. The van der Waals surface area contributed by atoms with E-state index in [1.165, 1.54) is 16.8 Å². The number of nitrogens with zero attached hydrogens (tertiary/aromatic N) is 4. The number of halogens is 2. The van der Waals surface area contributed by atoms with Crippen molar-refractivity contribution in [2.45, 2.75) is 10.0 Å². The summed E-state index contributed by atoms with van der Waals surface area (Å²) in [7, 11) is 0. The van der Waals surface area contributed by atoms with Crippen LogP contribution in [0.1, 0.15) is 21.2 Å². The van der Waals surface area contributed by atoms with Crippen molar-refractivity contribution in [1.29, 1.82) is 0 Å². The molecule has 0 bridgehead atoms. The van der Waals surface area contributed by atoms with Crippen molar-refractivity contribution in [2.24, 2.45) is 0 Å². The fourth-order valence-corrected chi connectivity index (χ4v) is 6.56. The molecule has 0 spiro atoms. The van der Waals surface area contributed by atoms with Gasteiger partial charge >= 0.3 is 128 Å². The molecule has 0 N–H and O–H groups in total. The maximum atomic E-state index is 4.09. The maximum Gasteiger partial charge on any atom is -1.00 e. The Kier molecular flexibility index (Phi) is 5.90. The smallest absolute Gasteiger partial charge is 1.00 e. The predicted molar refractivity (Wildman–Crippen MR) is 73.0 cm³/mol. The largest absolute Gasteiger partial charge is 1.00 e. The van der Waals surface area contributed by atoms with Gasteiger partial charge in [0, 0.05) is 0 Å². The molecule has 22 heavy (non-hydrogen) atoms. The summed E-state index contributed by atoms with van der Waals surface area (Å²) in [6.45, 7) is 0. The van der Waals surface area contributed by atoms with Crippen molar-refractivity contribution in [3.05, 3.63) is 63.2 Å². The zero-order valence-corrected chi connectivity index (χ0v) is 15.5. The first-order valence-corrected chi connectivity index (χ1v) is 9.23. The van der Waals surface area contributed by atoms with Crippen LogP contribution in [0.3, 0.4) is 0 Å². The van der Waals surface area contributed by atoms with Crippen LogP contribution < -0.4 is 24.8 Å². The summed E-state index contributed by atoms with van der Waals surface area (Å²) in [4.78, 5) is 0. The van der Waals surface area contributed by atoms with Gasteiger partial charge < -0.3 is 24.8 Å². The summed E-state index contributed by atoms with van der Waals surface area (Å²) < 4.78 is 3.97. The van der Waals surface area contributed by atoms with Crippen molar-refractivity contribution in [1.82, 2.24) is 20.2 Å². The minimum absolute atomic E-state index is 0. The first-order valence-electron chi connectivity index (χ1n) is 6.58. The molecule has 2 aliphatic rings. The van der Waals surface area contributed by atoms with Gasteiger partial charge in [0.2, 0.25) is 0 Å². The van der Waals surface area contributed by atoms with Gasteiger partial charge in [0.05, 0.1) is 0 Å². The van der Waals surface area contributed by atoms with Crippen molar-refractivity contribution >= 4 is 11.8 Å². The van der Waals surface area contributed by atoms with Crippen LogP contribution in [-0.4, -0.2) is 20.2 Å². The van der Waals surface area contributed by atoms with Gasteiger partial charge in [-0.25, -0.2) is 0 Å². The third-order valence-corrected chi connectivity index (χ3v) is 7.64. The summed E-state index contributed by atoms with van der Waals surface area (Å²) in [6.07, 6.45) is 11.8. The molecule has 4 nitrogen and oxygen atoms in total. The van der Waals surface area contributed by atoms with E-state index < -0.39 is 23.2 Å². The molecule has 7 heteroatoms. The van der Waals surface area contributed by atoms with Crippen LogP contribution in [0.15, 0.2) is 52.1 Å². The summed E-state index contributed by atoms with van der Waals surface area (Å²) in [6, 6.07) is 8.65. The second-order valence-electron chi connectivity index (χ2n) is 4.85. The van der Waals surface area contributed by atoms with E-state index in [1.54, 1.807) is 9.61 Å². The molecule has 2 aromatic rings. The first kappa shape index (κ1) is 17.3. The minimum Gasteiger partial charge on any atom is -1.00 e. The van der Waals surface area contributed by atoms with Crippen LogP contribution in [-0.2, 0) is 23.2 Å². The molecular formula is C15H12Cl2N4Zr. The van der Waals surface area contributed by atoms with Gasteiger partial charge in [0.25, 0.3) is 0 Å². The standard InChI is InChI=1S/C10H7N4.C5H5.2ClH.Zr/c1-2-4-9-6-10(5-8(9)3-1)14-7-11-12-13-14;1-2-4-5-3-1;;;/h1-7H;1-3H,4H2;2*1H;/q;;;;+2/p-2. The van der Waals surface area contributed by atoms with Crippen molar-refractivity contribution < 1.29 is 48.0 Å². The average Bonchev–Trinajstić information content (AvgIpc) is 3.19. The van der Waals surface area contributed by atoms with Crippen LogP contribution in [0.5, 0.6) is 0 Å². The Balaban J connectivity index is 0.000000882. The van der Waals surface area contributed by atoms with Gasteiger partial charge in [0.1, 0.15) is 0 Å². The third kappa shape index (κ3) is 3.17. The Hall–Kier alpha value is -1.03. The van der Waals surface area contributed by atoms with Crippen LogP contribution in [0, 0.1) is 0 Å². The first-order chi connectivity index (χ1) is 9.92. The molecule has 0 saturated carbocycles. The van der Waals surface area contributed by atoms with Crippen LogP contribution in [0.25, 0.3) is 11.8 Å². The number of benzene rings is 1. The van der Waals surface area contributed by atoms with Gasteiger partial charge in [0.15, 0.2) is 0 Å². The Labute approximate surface area is 152 Å². The monoisotopic (exact) mass is 408 g/mol. The van der Waals surface area contributed by atoms with Crippen molar-refractivity contribution in [3.8, 4) is 0 Å². The summed E-state index contributed by atoms with van der Waals surface area (Å²) in [5, 5.41) is 11.6. The van der Waals surface area contributed by atoms with E-state index in [4.69, 9.17) is 0 Å². The van der Waals surface area contributed by atoms with Crippen LogP contribution in [0.4, 0.5) is 0 Å². The molecule has 2 aliphatic carbocycles. The van der Waals surface area contributed by atoms with Crippen LogP contribution in [0.2, 0.25) is 0 Å². The summed E-state index contributed by atoms with van der Waals surface area (Å²) in [5.74, 6) is 0. The van der Waals surface area contributed by atoms with Gasteiger partial charge in [-0.05, 0) is 0 Å². The molecule has 0 aliphatic heterocycles. The maximum absolute atomic E-state index is 4.09. The van der Waals surface area contributed by atoms with E-state index in [2.05, 4.69) is 64.1 Å². The van der Waals surface area contributed by atoms with Gasteiger partial charge in [-0.2, -0.15) is 0 Å². The number of hydrogen-bond donors (Lipinski definition) is 0. The molecular weight excluding hydrogens is 398 g/mol. The van der Waals surface area contributed by atoms with E-state index in [0.29, 0.717) is 3.63 Å². The number of allylic oxidation sites excluding steroid dienone is 5. The molecule has 0 radical (unpaired) electrons. The fraction of sp³-hybridized carbons (Fsp3) is 0.133. The quantitative estimate of drug-likeness (QED) is 0.532. The third-order valence-electron chi connectivity index (χ3n) is 3.62. The minimum atomic E-state index is -0.719. The van der Waals surface area contributed by atoms with Gasteiger partial charge in [-0.3, -0.25) is 0 Å². The number of tetrazole rings is 1. The number of hydrogen-bond acceptors (Lipinski definition) is 3. The van der Waals surface area contributed by atoms with Gasteiger partial charge in [-0.1, -0.05) is 0 Å². The molecule has 1 heterocycles. The summed E-state index contributed by atoms with van der Waals surface area (Å²) >= 11 is -0.719. The SMILES string of the molecule is C1=CC[C]([Zr+2][CH]2C(n3cnnn3)=Cc3ccccc32)=C1.[Cl-].[Cl-]. The number of rotatable bonds is 3. The fourth-order valence-electron chi connectivity index (χ4n) is 2.68. The summed E-state index contributed by atoms with van der Waals surface area (Å²) in [5.41, 5.74) is 3.99. The Morgan fingerprint density at radius 3 is 2.77 bits per heavy atom. The van der Waals surface area contributed by atoms with E-state index >= 15 is 0 Å². The molecule has 4 rings (SSSR count). The molecule has 1 aromatic heterocycles. The Bertz CT molecular complexity index is 738. The zero-order valence-electron chi connectivity index (χ0n) is 11.5. The van der Waals surface area contributed by atoms with E-state index in [-0.39, 0.29) is 24.8 Å². The van der Waals surface area contributed by atoms with Crippen molar-refractivity contribution in [2.75, 3.05) is 0 Å². The number of aromatic nitrogens is 4. The average molecular weight is 410 g/mol. The zero-order chi connectivity index (χ0) is 13.4. The molecule has 110 valence electrons. The topological polar surface area (TPSA) is 43.6 Å². The van der Waals surface area contributed by atoms with E-state index in [9.17, 15) is 0 Å². The second kappa shape index (κ2) is 7.49. The van der Waals surface area contributed by atoms with Crippen molar-refractivity contribution in [3.63, 3.8) is 0 Å². The molecule has 0 amide bonds. The molecule has 1 unspecified atom stereocenters. The van der Waals surface area contributed by atoms with E-state index in [1.807, 2.05) is 4.68 Å². The van der Waals surface area contributed by atoms with E-state index in [0.717, 1.165) is 6.42 Å². The molecule has 1 aromatic carbocycles. The molecule has 0 fully saturated rings. The Morgan fingerprint density at radius 1 is 1.18 bits per heavy atom. The van der Waals surface area contributed by atoms with Gasteiger partial charge in [-0.15, -0.1) is 0 Å². The second-order valence-corrected chi connectivity index (χ2v) is 8.56. The Morgan fingerprint density at radius 2 is 2.05 bits per heavy atom.